The molecule has 2 aliphatic rings. The lowest BCUT2D eigenvalue weighted by Gasteiger charge is -2.52. The van der Waals surface area contributed by atoms with Crippen molar-refractivity contribution in [3.05, 3.63) is 23.8 Å². The first-order valence-corrected chi connectivity index (χ1v) is 6.46. The second-order valence-electron chi connectivity index (χ2n) is 6.12. The zero-order chi connectivity index (χ0) is 12.6. The minimum absolute atomic E-state index is 0.122. The molecule has 2 aliphatic carbocycles. The Labute approximate surface area is 103 Å². The van der Waals surface area contributed by atoms with Crippen LogP contribution in [0.25, 0.3) is 0 Å². The molecule has 17 heavy (non-hydrogen) atoms. The highest BCUT2D eigenvalue weighted by Crippen LogP contribution is 2.56. The molecular formula is C15H22O2. The fourth-order valence-electron chi connectivity index (χ4n) is 3.31. The highest BCUT2D eigenvalue weighted by molar-refractivity contribution is 5.95. The van der Waals surface area contributed by atoms with E-state index in [1.807, 2.05) is 6.08 Å². The van der Waals surface area contributed by atoms with Crippen LogP contribution < -0.4 is 0 Å². The van der Waals surface area contributed by atoms with Gasteiger partial charge in [0.15, 0.2) is 5.78 Å². The predicted molar refractivity (Wildman–Crippen MR) is 68.5 cm³/mol. The number of hydrogen-bond acceptors (Lipinski definition) is 2. The van der Waals surface area contributed by atoms with Crippen molar-refractivity contribution in [2.24, 2.45) is 17.3 Å². The maximum absolute atomic E-state index is 12.1. The van der Waals surface area contributed by atoms with Gasteiger partial charge in [-0.15, -0.1) is 0 Å². The molecule has 0 unspecified atom stereocenters. The topological polar surface area (TPSA) is 37.3 Å². The summed E-state index contributed by atoms with van der Waals surface area (Å²) in [6, 6.07) is 0. The third-order valence-electron chi connectivity index (χ3n) is 4.55. The second kappa shape index (κ2) is 4.41. The van der Waals surface area contributed by atoms with Gasteiger partial charge in [0.25, 0.3) is 0 Å². The minimum Gasteiger partial charge on any atom is -0.392 e. The van der Waals surface area contributed by atoms with Gasteiger partial charge in [-0.1, -0.05) is 32.1 Å². The molecule has 2 heteroatoms. The van der Waals surface area contributed by atoms with Crippen LogP contribution in [0, 0.1) is 17.3 Å². The van der Waals surface area contributed by atoms with E-state index in [4.69, 9.17) is 0 Å². The first-order valence-electron chi connectivity index (χ1n) is 6.46. The van der Waals surface area contributed by atoms with Crippen molar-refractivity contribution in [3.63, 3.8) is 0 Å². The van der Waals surface area contributed by atoms with Crippen molar-refractivity contribution in [1.82, 2.24) is 0 Å². The van der Waals surface area contributed by atoms with E-state index < -0.39 is 0 Å². The first kappa shape index (κ1) is 12.6. The number of hydrogen-bond donors (Lipinski definition) is 1. The molecule has 0 heterocycles. The maximum Gasteiger partial charge on any atom is 0.161 e. The van der Waals surface area contributed by atoms with Gasteiger partial charge in [-0.3, -0.25) is 4.79 Å². The molecule has 0 amide bonds. The summed E-state index contributed by atoms with van der Waals surface area (Å²) in [5.41, 5.74) is 2.13. The molecule has 94 valence electrons. The van der Waals surface area contributed by atoms with Gasteiger partial charge >= 0.3 is 0 Å². The highest BCUT2D eigenvalue weighted by Gasteiger charge is 2.48. The molecular weight excluding hydrogens is 212 g/mol. The zero-order valence-electron chi connectivity index (χ0n) is 10.8. The van der Waals surface area contributed by atoms with E-state index in [9.17, 15) is 9.90 Å². The number of aliphatic hydroxyl groups is 1. The van der Waals surface area contributed by atoms with Gasteiger partial charge in [-0.25, -0.2) is 0 Å². The number of fused-ring (bicyclic) bond motifs is 1. The Morgan fingerprint density at radius 1 is 1.53 bits per heavy atom. The number of allylic oxidation sites excluding steroid dienone is 2. The summed E-state index contributed by atoms with van der Waals surface area (Å²) in [6.45, 7) is 8.52. The molecule has 0 aromatic rings. The third kappa shape index (κ3) is 2.23. The van der Waals surface area contributed by atoms with E-state index in [1.165, 1.54) is 5.57 Å². The van der Waals surface area contributed by atoms with E-state index in [2.05, 4.69) is 20.4 Å². The lowest BCUT2D eigenvalue weighted by molar-refractivity contribution is -0.121. The van der Waals surface area contributed by atoms with Gasteiger partial charge in [0, 0.05) is 12.0 Å². The Morgan fingerprint density at radius 3 is 2.82 bits per heavy atom. The smallest absolute Gasteiger partial charge is 0.161 e. The Balaban J connectivity index is 2.22. The van der Waals surface area contributed by atoms with Gasteiger partial charge < -0.3 is 5.11 Å². The van der Waals surface area contributed by atoms with Crippen molar-refractivity contribution >= 4 is 5.78 Å². The lowest BCUT2D eigenvalue weighted by atomic mass is 9.52. The van der Waals surface area contributed by atoms with Gasteiger partial charge in [0.2, 0.25) is 0 Å². The normalized spacial score (nSPS) is 35.8. The Kier molecular flexibility index (Phi) is 3.26. The van der Waals surface area contributed by atoms with E-state index in [0.717, 1.165) is 19.3 Å². The predicted octanol–water partition coefficient (Wildman–Crippen LogP) is 2.88. The summed E-state index contributed by atoms with van der Waals surface area (Å²) in [7, 11) is 0. The van der Waals surface area contributed by atoms with Crippen LogP contribution in [0.1, 0.15) is 39.5 Å². The number of ketones is 1. The number of carbonyl (C=O) groups is 1. The second-order valence-corrected chi connectivity index (χ2v) is 6.12. The molecule has 2 rings (SSSR count). The number of carbonyl (C=O) groups excluding carboxylic acids is 1. The average Bonchev–Trinajstić information content (AvgIpc) is 2.31. The van der Waals surface area contributed by atoms with Crippen LogP contribution >= 0.6 is 0 Å². The van der Waals surface area contributed by atoms with Crippen molar-refractivity contribution in [1.29, 1.82) is 0 Å². The molecule has 1 fully saturated rings. The zero-order valence-corrected chi connectivity index (χ0v) is 10.8. The van der Waals surface area contributed by atoms with Crippen LogP contribution in [0.15, 0.2) is 23.8 Å². The molecule has 1 N–H and O–H groups in total. The monoisotopic (exact) mass is 234 g/mol. The highest BCUT2D eigenvalue weighted by atomic mass is 16.3. The SMILES string of the molecule is C=C1CC/C=C(/CO)C(=O)C[C@@H]2[C@@H]1CC2(C)C. The van der Waals surface area contributed by atoms with Crippen molar-refractivity contribution in [2.45, 2.75) is 39.5 Å². The van der Waals surface area contributed by atoms with Crippen molar-refractivity contribution in [3.8, 4) is 0 Å². The van der Waals surface area contributed by atoms with E-state index in [-0.39, 0.29) is 17.8 Å². The van der Waals surface area contributed by atoms with Gasteiger partial charge in [0.1, 0.15) is 0 Å². The van der Waals surface area contributed by atoms with Crippen LogP contribution in [-0.2, 0) is 4.79 Å². The third-order valence-corrected chi connectivity index (χ3v) is 4.55. The molecule has 0 spiro atoms. The fourth-order valence-corrected chi connectivity index (χ4v) is 3.31. The molecule has 0 aromatic carbocycles. The van der Waals surface area contributed by atoms with E-state index >= 15 is 0 Å². The molecule has 2 nitrogen and oxygen atoms in total. The first-order chi connectivity index (χ1) is 7.95. The summed E-state index contributed by atoms with van der Waals surface area (Å²) >= 11 is 0. The Hall–Kier alpha value is -0.890. The average molecular weight is 234 g/mol. The summed E-state index contributed by atoms with van der Waals surface area (Å²) in [5.74, 6) is 1.06. The molecule has 1 saturated carbocycles. The largest absolute Gasteiger partial charge is 0.392 e. The van der Waals surface area contributed by atoms with Crippen LogP contribution in [-0.4, -0.2) is 17.5 Å². The summed E-state index contributed by atoms with van der Waals surface area (Å²) < 4.78 is 0. The van der Waals surface area contributed by atoms with Crippen LogP contribution in [0.2, 0.25) is 0 Å². The molecule has 0 saturated heterocycles. The number of Topliss-reactive ketones (excluding diaryl/α,β-unsaturated/α-hetero) is 1. The Bertz CT molecular complexity index is 376. The molecule has 0 aromatic heterocycles. The van der Waals surface area contributed by atoms with Gasteiger partial charge in [-0.05, 0) is 36.5 Å². The Morgan fingerprint density at radius 2 is 2.24 bits per heavy atom. The summed E-state index contributed by atoms with van der Waals surface area (Å²) in [6.07, 6.45) is 5.41. The summed E-state index contributed by atoms with van der Waals surface area (Å²) in [4.78, 5) is 12.1. The quantitative estimate of drug-likeness (QED) is 0.708. The molecule has 0 aliphatic heterocycles. The fraction of sp³-hybridized carbons (Fsp3) is 0.667. The van der Waals surface area contributed by atoms with Crippen molar-refractivity contribution < 1.29 is 9.90 Å². The molecule has 0 bridgehead atoms. The van der Waals surface area contributed by atoms with Gasteiger partial charge in [-0.2, -0.15) is 0 Å². The van der Waals surface area contributed by atoms with Crippen LogP contribution in [0.4, 0.5) is 0 Å². The number of aliphatic hydroxyl groups excluding tert-OH is 1. The maximum atomic E-state index is 12.1. The van der Waals surface area contributed by atoms with E-state index in [0.29, 0.717) is 23.8 Å². The molecule has 2 atom stereocenters. The number of rotatable bonds is 1. The lowest BCUT2D eigenvalue weighted by Crippen LogP contribution is -2.45. The minimum atomic E-state index is -0.122. The van der Waals surface area contributed by atoms with Gasteiger partial charge in [0.05, 0.1) is 6.61 Å². The summed E-state index contributed by atoms with van der Waals surface area (Å²) in [5, 5.41) is 9.22. The molecule has 0 radical (unpaired) electrons. The van der Waals surface area contributed by atoms with Crippen molar-refractivity contribution in [2.75, 3.05) is 6.61 Å². The van der Waals surface area contributed by atoms with Crippen LogP contribution in [0.3, 0.4) is 0 Å². The standard InChI is InChI=1S/C15H22O2/c1-10-5-4-6-11(9-16)14(17)7-13-12(10)8-15(13,2)3/h6,12-13,16H,1,4-5,7-9H2,2-3H3/b11-6-/t12-,13-/m1/s1. The van der Waals surface area contributed by atoms with E-state index in [1.54, 1.807) is 0 Å². The van der Waals surface area contributed by atoms with Crippen LogP contribution in [0.5, 0.6) is 0 Å².